The lowest BCUT2D eigenvalue weighted by Crippen LogP contribution is -1.97. The van der Waals surface area contributed by atoms with Crippen LogP contribution in [0.25, 0.3) is 0 Å². The Morgan fingerprint density at radius 1 is 0.938 bits per heavy atom. The second-order valence-corrected chi connectivity index (χ2v) is 2.81. The number of hydrogen-bond donors (Lipinski definition) is 0. The average Bonchev–Trinajstić information content (AvgIpc) is 2.41. The molecule has 0 N–H and O–H groups in total. The second kappa shape index (κ2) is 14.0. The first-order chi connectivity index (χ1) is 7.88. The molecule has 0 heterocycles. The molecule has 16 heavy (non-hydrogen) atoms. The van der Waals surface area contributed by atoms with Crippen molar-refractivity contribution in [2.45, 2.75) is 54.4 Å². The highest BCUT2D eigenvalue weighted by Crippen LogP contribution is 2.18. The Hall–Kier alpha value is -0.980. The van der Waals surface area contributed by atoms with Crippen molar-refractivity contribution in [1.82, 2.24) is 0 Å². The number of hydrogen-bond acceptors (Lipinski definition) is 1. The van der Waals surface area contributed by atoms with Gasteiger partial charge >= 0.3 is 0 Å². The average molecular weight is 224 g/mol. The number of ether oxygens (including phenoxy) is 1. The predicted octanol–water partition coefficient (Wildman–Crippen LogP) is 5.09. The molecule has 1 nitrogen and oxygen atoms in total. The summed E-state index contributed by atoms with van der Waals surface area (Å²) in [5.74, 6) is 1.04. The van der Waals surface area contributed by atoms with E-state index in [0.717, 1.165) is 25.2 Å². The van der Waals surface area contributed by atoms with Gasteiger partial charge in [-0.1, -0.05) is 59.7 Å². The maximum Gasteiger partial charge on any atom is 0.122 e. The maximum atomic E-state index is 5.58. The third-order valence-corrected chi connectivity index (χ3v) is 1.82. The minimum atomic E-state index is 0.816. The van der Waals surface area contributed by atoms with Crippen LogP contribution in [0.4, 0.5) is 0 Å². The third-order valence-electron chi connectivity index (χ3n) is 1.82. The molecule has 0 radical (unpaired) electrons. The molecule has 1 aromatic rings. The van der Waals surface area contributed by atoms with Gasteiger partial charge in [0.05, 0.1) is 6.61 Å². The van der Waals surface area contributed by atoms with Crippen LogP contribution >= 0.6 is 0 Å². The Morgan fingerprint density at radius 2 is 1.50 bits per heavy atom. The number of rotatable bonds is 4. The van der Waals surface area contributed by atoms with Crippen molar-refractivity contribution in [2.24, 2.45) is 0 Å². The number of benzene rings is 1. The van der Waals surface area contributed by atoms with Crippen LogP contribution in [0.1, 0.15) is 53.5 Å². The number of aryl methyl sites for hydroxylation is 1. The van der Waals surface area contributed by atoms with Gasteiger partial charge in [0.2, 0.25) is 0 Å². The quantitative estimate of drug-likeness (QED) is 0.692. The fourth-order valence-corrected chi connectivity index (χ4v) is 1.15. The molecule has 0 aliphatic carbocycles. The SMILES string of the molecule is CC.CC.CCCOc1ccccc1CC. The highest BCUT2D eigenvalue weighted by Gasteiger charge is 1.98. The van der Waals surface area contributed by atoms with Crippen molar-refractivity contribution in [2.75, 3.05) is 6.61 Å². The van der Waals surface area contributed by atoms with E-state index in [0.29, 0.717) is 0 Å². The zero-order valence-electron chi connectivity index (χ0n) is 11.8. The topological polar surface area (TPSA) is 9.23 Å². The first-order valence-corrected chi connectivity index (χ1v) is 6.59. The first kappa shape index (κ1) is 17.4. The summed E-state index contributed by atoms with van der Waals surface area (Å²) in [7, 11) is 0. The van der Waals surface area contributed by atoms with E-state index in [1.165, 1.54) is 5.56 Å². The van der Waals surface area contributed by atoms with E-state index in [9.17, 15) is 0 Å². The minimum absolute atomic E-state index is 0.816. The largest absolute Gasteiger partial charge is 0.493 e. The summed E-state index contributed by atoms with van der Waals surface area (Å²) in [6.45, 7) is 13.1. The van der Waals surface area contributed by atoms with Gasteiger partial charge in [0, 0.05) is 0 Å². The molecule has 0 saturated heterocycles. The molecule has 0 saturated carbocycles. The van der Waals surface area contributed by atoms with Gasteiger partial charge in [0.15, 0.2) is 0 Å². The van der Waals surface area contributed by atoms with Crippen LogP contribution in [-0.2, 0) is 6.42 Å². The standard InChI is InChI=1S/C11H16O.2C2H6/c1-3-9-12-11-8-6-5-7-10(11)4-2;2*1-2/h5-8H,3-4,9H2,1-2H3;2*1-2H3. The van der Waals surface area contributed by atoms with Gasteiger partial charge in [0.25, 0.3) is 0 Å². The van der Waals surface area contributed by atoms with Crippen molar-refractivity contribution < 1.29 is 4.74 Å². The summed E-state index contributed by atoms with van der Waals surface area (Å²) in [5.41, 5.74) is 1.30. The van der Waals surface area contributed by atoms with E-state index in [1.54, 1.807) is 0 Å². The Kier molecular flexibility index (Phi) is 15.3. The maximum absolute atomic E-state index is 5.58. The molecule has 1 rings (SSSR count). The molecule has 0 aliphatic rings. The van der Waals surface area contributed by atoms with Gasteiger partial charge in [0.1, 0.15) is 5.75 Å². The lowest BCUT2D eigenvalue weighted by molar-refractivity contribution is 0.314. The van der Waals surface area contributed by atoms with E-state index in [-0.39, 0.29) is 0 Å². The van der Waals surface area contributed by atoms with Gasteiger partial charge in [-0.15, -0.1) is 0 Å². The Labute approximate surface area is 102 Å². The summed E-state index contributed by atoms with van der Waals surface area (Å²) in [5, 5.41) is 0. The normalized spacial score (nSPS) is 8.12. The molecule has 0 bridgehead atoms. The fourth-order valence-electron chi connectivity index (χ4n) is 1.15. The fraction of sp³-hybridized carbons (Fsp3) is 0.600. The van der Waals surface area contributed by atoms with Crippen LogP contribution in [-0.4, -0.2) is 6.61 Å². The smallest absolute Gasteiger partial charge is 0.122 e. The predicted molar refractivity (Wildman–Crippen MR) is 74.3 cm³/mol. The van der Waals surface area contributed by atoms with E-state index >= 15 is 0 Å². The van der Waals surface area contributed by atoms with Crippen LogP contribution < -0.4 is 4.74 Å². The molecule has 94 valence electrons. The number of para-hydroxylation sites is 1. The van der Waals surface area contributed by atoms with Crippen molar-refractivity contribution in [1.29, 1.82) is 0 Å². The summed E-state index contributed by atoms with van der Waals surface area (Å²) in [6, 6.07) is 8.22. The van der Waals surface area contributed by atoms with Gasteiger partial charge in [-0.05, 0) is 24.5 Å². The molecular weight excluding hydrogens is 196 g/mol. The Morgan fingerprint density at radius 3 is 2.00 bits per heavy atom. The lowest BCUT2D eigenvalue weighted by Gasteiger charge is -2.08. The zero-order chi connectivity index (χ0) is 12.8. The van der Waals surface area contributed by atoms with Crippen molar-refractivity contribution >= 4 is 0 Å². The lowest BCUT2D eigenvalue weighted by atomic mass is 10.1. The van der Waals surface area contributed by atoms with Gasteiger partial charge < -0.3 is 4.74 Å². The summed E-state index contributed by atoms with van der Waals surface area (Å²) in [6.07, 6.45) is 2.11. The van der Waals surface area contributed by atoms with Crippen LogP contribution in [0.15, 0.2) is 24.3 Å². The molecule has 0 aromatic heterocycles. The first-order valence-electron chi connectivity index (χ1n) is 6.59. The molecular formula is C15H28O. The van der Waals surface area contributed by atoms with Crippen molar-refractivity contribution in [3.05, 3.63) is 29.8 Å². The molecule has 0 amide bonds. The van der Waals surface area contributed by atoms with Gasteiger partial charge in [-0.2, -0.15) is 0 Å². The summed E-state index contributed by atoms with van der Waals surface area (Å²) in [4.78, 5) is 0. The molecule has 1 heteroatoms. The second-order valence-electron chi connectivity index (χ2n) is 2.81. The van der Waals surface area contributed by atoms with E-state index < -0.39 is 0 Å². The highest BCUT2D eigenvalue weighted by atomic mass is 16.5. The van der Waals surface area contributed by atoms with Crippen LogP contribution in [0.5, 0.6) is 5.75 Å². The van der Waals surface area contributed by atoms with Crippen LogP contribution in [0.2, 0.25) is 0 Å². The van der Waals surface area contributed by atoms with E-state index in [1.807, 2.05) is 39.8 Å². The van der Waals surface area contributed by atoms with E-state index in [4.69, 9.17) is 4.74 Å². The van der Waals surface area contributed by atoms with Gasteiger partial charge in [-0.25, -0.2) is 0 Å². The van der Waals surface area contributed by atoms with E-state index in [2.05, 4.69) is 26.0 Å². The zero-order valence-corrected chi connectivity index (χ0v) is 11.8. The van der Waals surface area contributed by atoms with Crippen LogP contribution in [0.3, 0.4) is 0 Å². The van der Waals surface area contributed by atoms with Gasteiger partial charge in [-0.3, -0.25) is 0 Å². The summed E-state index contributed by atoms with van der Waals surface area (Å²) >= 11 is 0. The Balaban J connectivity index is 0. The monoisotopic (exact) mass is 224 g/mol. The molecule has 0 fully saturated rings. The highest BCUT2D eigenvalue weighted by molar-refractivity contribution is 5.32. The van der Waals surface area contributed by atoms with Crippen molar-refractivity contribution in [3.8, 4) is 5.75 Å². The third kappa shape index (κ3) is 7.33. The van der Waals surface area contributed by atoms with Crippen LogP contribution in [0, 0.1) is 0 Å². The minimum Gasteiger partial charge on any atom is -0.493 e. The van der Waals surface area contributed by atoms with Crippen molar-refractivity contribution in [3.63, 3.8) is 0 Å². The molecule has 0 atom stereocenters. The summed E-state index contributed by atoms with van der Waals surface area (Å²) < 4.78 is 5.58. The Bertz CT molecular complexity index is 231. The molecule has 0 spiro atoms. The molecule has 0 unspecified atom stereocenters. The molecule has 1 aromatic carbocycles. The molecule has 0 aliphatic heterocycles.